The number of anilines is 1. The van der Waals surface area contributed by atoms with Gasteiger partial charge < -0.3 is 14.4 Å². The fourth-order valence-corrected chi connectivity index (χ4v) is 5.17. The molecule has 0 bridgehead atoms. The van der Waals surface area contributed by atoms with Gasteiger partial charge in [-0.2, -0.15) is 0 Å². The molecule has 5 heteroatoms. The molecule has 0 radical (unpaired) electrons. The molecule has 5 rings (SSSR count). The lowest BCUT2D eigenvalue weighted by atomic mass is 9.95. The van der Waals surface area contributed by atoms with Gasteiger partial charge in [-0.15, -0.1) is 0 Å². The lowest BCUT2D eigenvalue weighted by molar-refractivity contribution is -0.136. The fraction of sp³-hybridized carbons (Fsp3) is 0.462. The number of fused-ring (bicyclic) bond motifs is 1. The third-order valence-corrected chi connectivity index (χ3v) is 6.93. The van der Waals surface area contributed by atoms with E-state index in [1.807, 2.05) is 6.20 Å². The molecule has 0 spiro atoms. The summed E-state index contributed by atoms with van der Waals surface area (Å²) in [6.07, 6.45) is 10.8. The predicted octanol–water partition coefficient (Wildman–Crippen LogP) is 4.70. The molecule has 0 saturated carbocycles. The van der Waals surface area contributed by atoms with E-state index < -0.39 is 0 Å². The van der Waals surface area contributed by atoms with Crippen molar-refractivity contribution >= 4 is 22.6 Å². The highest BCUT2D eigenvalue weighted by molar-refractivity contribution is 5.91. The van der Waals surface area contributed by atoms with Crippen molar-refractivity contribution in [2.45, 2.75) is 45.1 Å². The smallest absolute Gasteiger partial charge is 0.225 e. The number of aromatic nitrogens is 2. The van der Waals surface area contributed by atoms with Crippen LogP contribution in [-0.2, 0) is 11.3 Å². The van der Waals surface area contributed by atoms with Crippen LogP contribution in [0.3, 0.4) is 0 Å². The van der Waals surface area contributed by atoms with Gasteiger partial charge in [0.2, 0.25) is 5.91 Å². The van der Waals surface area contributed by atoms with Gasteiger partial charge in [-0.3, -0.25) is 4.79 Å². The number of hydrogen-bond acceptors (Lipinski definition) is 3. The molecule has 2 aliphatic rings. The topological polar surface area (TPSA) is 41.4 Å². The van der Waals surface area contributed by atoms with E-state index in [0.717, 1.165) is 64.2 Å². The summed E-state index contributed by atoms with van der Waals surface area (Å²) < 4.78 is 2.30. The van der Waals surface area contributed by atoms with Crippen LogP contribution in [0.4, 0.5) is 5.82 Å². The molecule has 4 heterocycles. The molecule has 2 saturated heterocycles. The van der Waals surface area contributed by atoms with E-state index in [9.17, 15) is 4.79 Å². The van der Waals surface area contributed by atoms with E-state index in [1.54, 1.807) is 0 Å². The standard InChI is InChI=1S/C26H32N4O/c31-26(29-15-6-1-2-7-16-29)22-11-17-28(18-12-22)25-23-13-19-30(24(23)10-14-27-25)20-21-8-4-3-5-9-21/h3-5,8-10,13-14,19,22H,1-2,6-7,11-12,15-18,20H2. The molecular formula is C26H32N4O. The molecule has 0 aliphatic carbocycles. The number of carbonyl (C=O) groups excluding carboxylic acids is 1. The zero-order chi connectivity index (χ0) is 21.0. The van der Waals surface area contributed by atoms with Gasteiger partial charge in [0.05, 0.1) is 5.52 Å². The van der Waals surface area contributed by atoms with Gasteiger partial charge in [0, 0.05) is 56.4 Å². The van der Waals surface area contributed by atoms with Crippen molar-refractivity contribution in [3.63, 3.8) is 0 Å². The molecule has 0 unspecified atom stereocenters. The highest BCUT2D eigenvalue weighted by Gasteiger charge is 2.29. The third kappa shape index (κ3) is 4.32. The normalized spacial score (nSPS) is 18.3. The molecule has 1 aromatic carbocycles. The molecule has 1 amide bonds. The molecule has 31 heavy (non-hydrogen) atoms. The summed E-state index contributed by atoms with van der Waals surface area (Å²) in [5.41, 5.74) is 2.52. The zero-order valence-corrected chi connectivity index (χ0v) is 18.2. The Morgan fingerprint density at radius 3 is 2.39 bits per heavy atom. The van der Waals surface area contributed by atoms with Crippen LogP contribution >= 0.6 is 0 Å². The average Bonchev–Trinajstić information content (AvgIpc) is 3.04. The van der Waals surface area contributed by atoms with Gasteiger partial charge in [-0.1, -0.05) is 43.2 Å². The second kappa shape index (κ2) is 9.13. The predicted molar refractivity (Wildman–Crippen MR) is 125 cm³/mol. The summed E-state index contributed by atoms with van der Waals surface area (Å²) in [5, 5.41) is 1.20. The number of amides is 1. The number of likely N-dealkylation sites (tertiary alicyclic amines) is 1. The van der Waals surface area contributed by atoms with Crippen LogP contribution in [0, 0.1) is 5.92 Å². The summed E-state index contributed by atoms with van der Waals surface area (Å²) >= 11 is 0. The molecular weight excluding hydrogens is 384 g/mol. The van der Waals surface area contributed by atoms with Crippen molar-refractivity contribution in [1.29, 1.82) is 0 Å². The van der Waals surface area contributed by atoms with E-state index >= 15 is 0 Å². The van der Waals surface area contributed by atoms with Crippen molar-refractivity contribution in [1.82, 2.24) is 14.5 Å². The number of carbonyl (C=O) groups is 1. The van der Waals surface area contributed by atoms with E-state index in [1.165, 1.54) is 29.3 Å². The molecule has 2 fully saturated rings. The number of rotatable bonds is 4. The molecule has 2 aliphatic heterocycles. The Bertz CT molecular complexity index is 1010. The first kappa shape index (κ1) is 20.1. The van der Waals surface area contributed by atoms with E-state index in [-0.39, 0.29) is 5.92 Å². The summed E-state index contributed by atoms with van der Waals surface area (Å²) in [6, 6.07) is 14.9. The van der Waals surface area contributed by atoms with Crippen LogP contribution in [0.1, 0.15) is 44.1 Å². The number of hydrogen-bond donors (Lipinski definition) is 0. The molecule has 162 valence electrons. The second-order valence-electron chi connectivity index (χ2n) is 9.00. The summed E-state index contributed by atoms with van der Waals surface area (Å²) in [7, 11) is 0. The van der Waals surface area contributed by atoms with Gasteiger partial charge in [0.1, 0.15) is 5.82 Å². The van der Waals surface area contributed by atoms with Crippen LogP contribution in [0.25, 0.3) is 10.9 Å². The Labute approximate surface area is 184 Å². The highest BCUT2D eigenvalue weighted by Crippen LogP contribution is 2.30. The molecule has 5 nitrogen and oxygen atoms in total. The quantitative estimate of drug-likeness (QED) is 0.619. The molecule has 0 atom stereocenters. The maximum Gasteiger partial charge on any atom is 0.225 e. The van der Waals surface area contributed by atoms with Crippen molar-refractivity contribution in [3.8, 4) is 0 Å². The Morgan fingerprint density at radius 1 is 0.903 bits per heavy atom. The van der Waals surface area contributed by atoms with E-state index in [4.69, 9.17) is 4.98 Å². The lowest BCUT2D eigenvalue weighted by Crippen LogP contribution is -2.43. The Hall–Kier alpha value is -2.82. The minimum atomic E-state index is 0.177. The van der Waals surface area contributed by atoms with Gasteiger partial charge in [0.15, 0.2) is 0 Å². The molecule has 0 N–H and O–H groups in total. The summed E-state index contributed by atoms with van der Waals surface area (Å²) in [5.74, 6) is 1.63. The highest BCUT2D eigenvalue weighted by atomic mass is 16.2. The minimum absolute atomic E-state index is 0.177. The Morgan fingerprint density at radius 2 is 1.65 bits per heavy atom. The lowest BCUT2D eigenvalue weighted by Gasteiger charge is -2.35. The number of piperidine rings is 1. The van der Waals surface area contributed by atoms with Gasteiger partial charge >= 0.3 is 0 Å². The molecule has 2 aromatic heterocycles. The average molecular weight is 417 g/mol. The Kier molecular flexibility index (Phi) is 5.92. The first-order chi connectivity index (χ1) is 15.3. The van der Waals surface area contributed by atoms with E-state index in [0.29, 0.717) is 5.91 Å². The maximum atomic E-state index is 13.0. The SMILES string of the molecule is O=C(C1CCN(c2nccc3c2ccn3Cc2ccccc2)CC1)N1CCCCCC1. The third-order valence-electron chi connectivity index (χ3n) is 6.93. The van der Waals surface area contributed by atoms with Crippen molar-refractivity contribution in [2.75, 3.05) is 31.1 Å². The van der Waals surface area contributed by atoms with Gasteiger partial charge in [-0.05, 0) is 43.4 Å². The summed E-state index contributed by atoms with van der Waals surface area (Å²) in [4.78, 5) is 22.3. The van der Waals surface area contributed by atoms with Crippen LogP contribution in [0.5, 0.6) is 0 Å². The van der Waals surface area contributed by atoms with Gasteiger partial charge in [-0.25, -0.2) is 4.98 Å². The summed E-state index contributed by atoms with van der Waals surface area (Å²) in [6.45, 7) is 4.57. The largest absolute Gasteiger partial charge is 0.356 e. The second-order valence-corrected chi connectivity index (χ2v) is 9.00. The number of nitrogens with zero attached hydrogens (tertiary/aromatic N) is 4. The van der Waals surface area contributed by atoms with Crippen LogP contribution < -0.4 is 4.90 Å². The maximum absolute atomic E-state index is 13.0. The zero-order valence-electron chi connectivity index (χ0n) is 18.2. The van der Waals surface area contributed by atoms with Gasteiger partial charge in [0.25, 0.3) is 0 Å². The molecule has 3 aromatic rings. The van der Waals surface area contributed by atoms with Crippen LogP contribution in [-0.4, -0.2) is 46.5 Å². The van der Waals surface area contributed by atoms with Crippen molar-refractivity contribution < 1.29 is 4.79 Å². The van der Waals surface area contributed by atoms with E-state index in [2.05, 4.69) is 63.0 Å². The first-order valence-electron chi connectivity index (χ1n) is 11.8. The minimum Gasteiger partial charge on any atom is -0.356 e. The number of benzene rings is 1. The number of pyridine rings is 1. The fourth-order valence-electron chi connectivity index (χ4n) is 5.17. The van der Waals surface area contributed by atoms with Crippen molar-refractivity contribution in [2.24, 2.45) is 5.92 Å². The van der Waals surface area contributed by atoms with Crippen molar-refractivity contribution in [3.05, 3.63) is 60.4 Å². The van der Waals surface area contributed by atoms with Crippen LogP contribution in [0.2, 0.25) is 0 Å². The monoisotopic (exact) mass is 416 g/mol. The van der Waals surface area contributed by atoms with Crippen LogP contribution in [0.15, 0.2) is 54.9 Å². The first-order valence-corrected chi connectivity index (χ1v) is 11.8. The Balaban J connectivity index is 1.28.